The minimum absolute atomic E-state index is 0. The number of quaternary nitrogens is 2. The second kappa shape index (κ2) is 12.3. The molecule has 3 fully saturated rings. The lowest BCUT2D eigenvalue weighted by Gasteiger charge is -2.51. The van der Waals surface area contributed by atoms with E-state index in [1.807, 2.05) is 41.5 Å². The van der Waals surface area contributed by atoms with Gasteiger partial charge >= 0.3 is 11.9 Å². The molecule has 0 spiro atoms. The minimum Gasteiger partial charge on any atom is -1.00 e. The third kappa shape index (κ3) is 9.65. The number of carbonyl (C=O) groups is 2. The first-order valence-electron chi connectivity index (χ1n) is 12.4. The first kappa shape index (κ1) is 31.8. The Morgan fingerprint density at radius 2 is 1.00 bits per heavy atom. The molecule has 3 rings (SSSR count). The van der Waals surface area contributed by atoms with E-state index in [0.717, 1.165) is 87.5 Å². The highest BCUT2D eigenvalue weighted by molar-refractivity contribution is 5.71. The molecular weight excluding hydrogens is 568 g/mol. The Balaban J connectivity index is 0.00000289. The lowest BCUT2D eigenvalue weighted by molar-refractivity contribution is -0.952. The summed E-state index contributed by atoms with van der Waals surface area (Å²) in [5.74, 6) is -0.185. The molecule has 3 saturated heterocycles. The smallest absolute Gasteiger partial charge is 0.362 e. The zero-order chi connectivity index (χ0) is 23.6. The molecule has 4 bridgehead atoms. The van der Waals surface area contributed by atoms with Gasteiger partial charge in [-0.25, -0.2) is 9.59 Å². The van der Waals surface area contributed by atoms with Crippen LogP contribution in [0.5, 0.6) is 0 Å². The Hall–Kier alpha value is -0.260. The van der Waals surface area contributed by atoms with Crippen molar-refractivity contribution < 1.29 is 62.0 Å². The Labute approximate surface area is 227 Å². The predicted octanol–water partition coefficient (Wildman–Crippen LogP) is -4.35. The molecule has 8 nitrogen and oxygen atoms in total. The van der Waals surface area contributed by atoms with E-state index in [-0.39, 0.29) is 45.9 Å². The van der Waals surface area contributed by atoms with Crippen molar-refractivity contribution in [1.82, 2.24) is 9.80 Å². The maximum Gasteiger partial charge on any atom is 0.362 e. The predicted molar refractivity (Wildman–Crippen MR) is 124 cm³/mol. The third-order valence-corrected chi connectivity index (χ3v) is 6.76. The van der Waals surface area contributed by atoms with Gasteiger partial charge in [0.2, 0.25) is 0 Å². The number of halogens is 2. The molecule has 3 aliphatic heterocycles. The average molecular weight is 614 g/mol. The molecule has 0 aromatic heterocycles. The standard InChI is InChI=1S/C24H46N4O4.2BrH/c1-23(2,3)31-21(29)17-27-13-7-9-25(19-27)12-16-28(18-22(30)32-24(4,5)6)14-8-10-26(20-28)11-15-27;;/h7-20H2,1-6H3;2*1H/q+2;;/p-2. The number of hydrogen-bond donors (Lipinski definition) is 0. The van der Waals surface area contributed by atoms with Crippen molar-refractivity contribution in [3.63, 3.8) is 0 Å². The van der Waals surface area contributed by atoms with E-state index in [4.69, 9.17) is 9.47 Å². The van der Waals surface area contributed by atoms with Crippen LogP contribution >= 0.6 is 0 Å². The van der Waals surface area contributed by atoms with Crippen LogP contribution in [0.1, 0.15) is 54.4 Å². The second-order valence-electron chi connectivity index (χ2n) is 12.3. The minimum atomic E-state index is -0.451. The number of nitrogens with zero attached hydrogens (tertiary/aromatic N) is 4. The summed E-state index contributed by atoms with van der Waals surface area (Å²) in [6, 6.07) is 0. The largest absolute Gasteiger partial charge is 1.00 e. The van der Waals surface area contributed by atoms with Crippen LogP contribution in [0.4, 0.5) is 0 Å². The molecule has 200 valence electrons. The van der Waals surface area contributed by atoms with Gasteiger partial charge in [0.1, 0.15) is 24.5 Å². The molecule has 0 saturated carbocycles. The lowest BCUT2D eigenvalue weighted by Crippen LogP contribution is -3.00. The first-order valence-corrected chi connectivity index (χ1v) is 12.4. The van der Waals surface area contributed by atoms with E-state index < -0.39 is 11.2 Å². The quantitative estimate of drug-likeness (QED) is 0.236. The number of fused-ring (bicyclic) bond motifs is 4. The van der Waals surface area contributed by atoms with Crippen LogP contribution in [0.2, 0.25) is 0 Å². The summed E-state index contributed by atoms with van der Waals surface area (Å²) in [6.45, 7) is 22.3. The topological polar surface area (TPSA) is 59.1 Å². The molecule has 4 atom stereocenters. The van der Waals surface area contributed by atoms with Crippen LogP contribution in [-0.2, 0) is 19.1 Å². The second-order valence-corrected chi connectivity index (χ2v) is 12.3. The van der Waals surface area contributed by atoms with Crippen molar-refractivity contribution in [1.29, 1.82) is 0 Å². The van der Waals surface area contributed by atoms with E-state index in [1.165, 1.54) is 0 Å². The Morgan fingerprint density at radius 3 is 1.32 bits per heavy atom. The summed E-state index contributed by atoms with van der Waals surface area (Å²) in [4.78, 5) is 30.5. The number of hydrogen-bond acceptors (Lipinski definition) is 6. The molecule has 34 heavy (non-hydrogen) atoms. The summed E-state index contributed by atoms with van der Waals surface area (Å²) < 4.78 is 13.0. The van der Waals surface area contributed by atoms with E-state index in [2.05, 4.69) is 9.80 Å². The summed E-state index contributed by atoms with van der Waals surface area (Å²) in [7, 11) is 0. The maximum atomic E-state index is 12.7. The highest BCUT2D eigenvalue weighted by Gasteiger charge is 2.43. The molecule has 4 unspecified atom stereocenters. The summed E-state index contributed by atoms with van der Waals surface area (Å²) in [5.41, 5.74) is -0.902. The maximum absolute atomic E-state index is 12.7. The van der Waals surface area contributed by atoms with E-state index in [1.54, 1.807) is 0 Å². The molecule has 0 radical (unpaired) electrons. The van der Waals surface area contributed by atoms with Crippen molar-refractivity contribution in [2.75, 3.05) is 78.8 Å². The normalized spacial score (nSPS) is 31.8. The highest BCUT2D eigenvalue weighted by Crippen LogP contribution is 2.24. The van der Waals surface area contributed by atoms with Gasteiger partial charge in [0.15, 0.2) is 13.1 Å². The highest BCUT2D eigenvalue weighted by atomic mass is 79.9. The van der Waals surface area contributed by atoms with E-state index in [0.29, 0.717) is 13.1 Å². The van der Waals surface area contributed by atoms with Gasteiger partial charge in [-0.1, -0.05) is 0 Å². The molecule has 0 aromatic carbocycles. The molecule has 0 aromatic rings. The van der Waals surface area contributed by atoms with Gasteiger partial charge in [0.25, 0.3) is 0 Å². The van der Waals surface area contributed by atoms with Crippen molar-refractivity contribution >= 4 is 11.9 Å². The van der Waals surface area contributed by atoms with Gasteiger partial charge in [-0.2, -0.15) is 0 Å². The third-order valence-electron chi connectivity index (χ3n) is 6.76. The zero-order valence-electron chi connectivity index (χ0n) is 22.1. The van der Waals surface area contributed by atoms with Crippen LogP contribution in [0, 0.1) is 0 Å². The number of rotatable bonds is 4. The fourth-order valence-electron chi connectivity index (χ4n) is 5.54. The molecular formula is C24H46Br2N4O4. The van der Waals surface area contributed by atoms with Crippen LogP contribution in [0.25, 0.3) is 0 Å². The number of esters is 2. The molecule has 3 aliphatic rings. The Bertz CT molecular complexity index is 639. The number of ether oxygens (including phenoxy) is 2. The lowest BCUT2D eigenvalue weighted by atomic mass is 10.1. The van der Waals surface area contributed by atoms with Crippen molar-refractivity contribution in [2.24, 2.45) is 0 Å². The average Bonchev–Trinajstić information content (AvgIpc) is 2.62. The van der Waals surface area contributed by atoms with E-state index >= 15 is 0 Å². The molecule has 10 heteroatoms. The van der Waals surface area contributed by atoms with Crippen LogP contribution < -0.4 is 34.0 Å². The first-order chi connectivity index (χ1) is 14.8. The summed E-state index contributed by atoms with van der Waals surface area (Å²) >= 11 is 0. The van der Waals surface area contributed by atoms with Crippen molar-refractivity contribution in [3.8, 4) is 0 Å². The molecule has 0 amide bonds. The Kier molecular flexibility index (Phi) is 11.5. The fraction of sp³-hybridized carbons (Fsp3) is 0.917. The number of carbonyl (C=O) groups excluding carboxylic acids is 2. The van der Waals surface area contributed by atoms with Crippen LogP contribution in [0.3, 0.4) is 0 Å². The van der Waals surface area contributed by atoms with Gasteiger partial charge in [-0.15, -0.1) is 0 Å². The zero-order valence-corrected chi connectivity index (χ0v) is 25.2. The monoisotopic (exact) mass is 612 g/mol. The van der Waals surface area contributed by atoms with Gasteiger partial charge in [0, 0.05) is 25.9 Å². The molecule has 0 N–H and O–H groups in total. The van der Waals surface area contributed by atoms with Gasteiger partial charge < -0.3 is 52.4 Å². The van der Waals surface area contributed by atoms with Crippen LogP contribution in [-0.4, -0.2) is 121 Å². The SMILES string of the molecule is CC(C)(C)OC(=O)C[N+]12CCCN(CC[N+]3(CC(=O)OC(C)(C)C)CCCN(CC1)C3)C2.[Br-].[Br-]. The summed E-state index contributed by atoms with van der Waals surface area (Å²) in [6.07, 6.45) is 2.18. The van der Waals surface area contributed by atoms with Gasteiger partial charge in [0.05, 0.1) is 39.3 Å². The van der Waals surface area contributed by atoms with Crippen molar-refractivity contribution in [2.45, 2.75) is 65.6 Å². The summed E-state index contributed by atoms with van der Waals surface area (Å²) in [5, 5.41) is 0. The molecule has 3 heterocycles. The van der Waals surface area contributed by atoms with Crippen molar-refractivity contribution in [3.05, 3.63) is 0 Å². The Morgan fingerprint density at radius 1 is 0.647 bits per heavy atom. The van der Waals surface area contributed by atoms with Gasteiger partial charge in [-0.3, -0.25) is 9.80 Å². The van der Waals surface area contributed by atoms with E-state index in [9.17, 15) is 9.59 Å². The van der Waals surface area contributed by atoms with Crippen LogP contribution in [0.15, 0.2) is 0 Å². The molecule has 0 aliphatic carbocycles. The van der Waals surface area contributed by atoms with Gasteiger partial charge in [-0.05, 0) is 41.5 Å². The fourth-order valence-corrected chi connectivity index (χ4v) is 5.54.